The lowest BCUT2D eigenvalue weighted by molar-refractivity contribution is -0.121. The third-order valence-electron chi connectivity index (χ3n) is 2.55. The first kappa shape index (κ1) is 10.8. The quantitative estimate of drug-likeness (QED) is 0.736. The summed E-state index contributed by atoms with van der Waals surface area (Å²) in [7, 11) is 1.70. The molecule has 1 amide bonds. The first-order valence-corrected chi connectivity index (χ1v) is 5.40. The van der Waals surface area contributed by atoms with Crippen molar-refractivity contribution in [2.75, 3.05) is 0 Å². The molecule has 6 nitrogen and oxygen atoms in total. The minimum absolute atomic E-state index is 0.0454. The summed E-state index contributed by atoms with van der Waals surface area (Å²) in [6.07, 6.45) is 6.96. The van der Waals surface area contributed by atoms with Crippen molar-refractivity contribution in [1.29, 1.82) is 0 Å². The Morgan fingerprint density at radius 3 is 3.19 bits per heavy atom. The zero-order valence-corrected chi connectivity index (χ0v) is 9.26. The molecular formula is C10H15N5O. The number of hydrogen-bond donors (Lipinski definition) is 1. The van der Waals surface area contributed by atoms with Crippen LogP contribution in [-0.4, -0.2) is 26.1 Å². The fraction of sp³-hybridized carbons (Fsp3) is 0.600. The summed E-state index contributed by atoms with van der Waals surface area (Å²) in [5.74, 6) is 0.983. The third-order valence-corrected chi connectivity index (χ3v) is 2.55. The van der Waals surface area contributed by atoms with Crippen LogP contribution >= 0.6 is 0 Å². The van der Waals surface area contributed by atoms with Crippen LogP contribution < -0.4 is 5.32 Å². The fourth-order valence-corrected chi connectivity index (χ4v) is 1.75. The van der Waals surface area contributed by atoms with Crippen molar-refractivity contribution in [3.63, 3.8) is 0 Å². The van der Waals surface area contributed by atoms with E-state index in [0.29, 0.717) is 24.7 Å². The van der Waals surface area contributed by atoms with Crippen LogP contribution in [0.5, 0.6) is 0 Å². The maximum atomic E-state index is 11.6. The summed E-state index contributed by atoms with van der Waals surface area (Å²) in [5, 5.41) is 14.3. The summed E-state index contributed by atoms with van der Waals surface area (Å²) in [5.41, 5.74) is 0. The molecule has 1 aliphatic carbocycles. The number of nitrogens with zero attached hydrogens (tertiary/aromatic N) is 4. The van der Waals surface area contributed by atoms with Crippen molar-refractivity contribution in [3.8, 4) is 0 Å². The molecule has 0 unspecified atom stereocenters. The van der Waals surface area contributed by atoms with Gasteiger partial charge in [-0.2, -0.15) is 4.80 Å². The van der Waals surface area contributed by atoms with Crippen LogP contribution in [0.15, 0.2) is 12.2 Å². The molecule has 0 saturated heterocycles. The predicted molar refractivity (Wildman–Crippen MR) is 57.1 cm³/mol. The van der Waals surface area contributed by atoms with Crippen molar-refractivity contribution in [2.45, 2.75) is 25.8 Å². The van der Waals surface area contributed by atoms with Gasteiger partial charge in [0.25, 0.3) is 0 Å². The highest BCUT2D eigenvalue weighted by atomic mass is 16.1. The van der Waals surface area contributed by atoms with E-state index in [2.05, 4.69) is 32.9 Å². The summed E-state index contributed by atoms with van der Waals surface area (Å²) in [6, 6.07) is 0. The monoisotopic (exact) mass is 221 g/mol. The van der Waals surface area contributed by atoms with Crippen LogP contribution in [0.25, 0.3) is 0 Å². The number of amides is 1. The number of aromatic nitrogens is 4. The number of tetrazole rings is 1. The third kappa shape index (κ3) is 2.88. The smallest absolute Gasteiger partial charge is 0.220 e. The van der Waals surface area contributed by atoms with Crippen LogP contribution in [0.4, 0.5) is 0 Å². The van der Waals surface area contributed by atoms with Crippen molar-refractivity contribution in [1.82, 2.24) is 25.5 Å². The normalized spacial score (nSPS) is 18.9. The lowest BCUT2D eigenvalue weighted by Gasteiger charge is -2.06. The topological polar surface area (TPSA) is 72.7 Å². The van der Waals surface area contributed by atoms with Crippen molar-refractivity contribution < 1.29 is 4.79 Å². The van der Waals surface area contributed by atoms with Gasteiger partial charge in [-0.1, -0.05) is 12.2 Å². The lowest BCUT2D eigenvalue weighted by Crippen LogP contribution is -2.25. The van der Waals surface area contributed by atoms with Gasteiger partial charge in [-0.15, -0.1) is 10.2 Å². The Morgan fingerprint density at radius 1 is 1.69 bits per heavy atom. The maximum absolute atomic E-state index is 11.6. The average Bonchev–Trinajstić information content (AvgIpc) is 2.87. The van der Waals surface area contributed by atoms with Gasteiger partial charge in [-0.3, -0.25) is 4.79 Å². The van der Waals surface area contributed by atoms with Gasteiger partial charge in [-0.05, 0) is 24.0 Å². The molecule has 1 N–H and O–H groups in total. The van der Waals surface area contributed by atoms with Crippen LogP contribution in [0.1, 0.15) is 25.1 Å². The standard InChI is InChI=1S/C10H15N5O/c1-15-13-9(12-14-15)7-11-10(16)6-8-4-2-3-5-8/h2,4,8H,3,5-7H2,1H3,(H,11,16)/t8-/m1/s1. The Morgan fingerprint density at radius 2 is 2.56 bits per heavy atom. The number of nitrogens with one attached hydrogen (secondary N) is 1. The largest absolute Gasteiger partial charge is 0.349 e. The van der Waals surface area contributed by atoms with E-state index in [-0.39, 0.29) is 5.91 Å². The molecule has 0 aliphatic heterocycles. The van der Waals surface area contributed by atoms with Crippen molar-refractivity contribution in [3.05, 3.63) is 18.0 Å². The zero-order chi connectivity index (χ0) is 11.4. The molecule has 1 atom stereocenters. The van der Waals surface area contributed by atoms with E-state index in [9.17, 15) is 4.79 Å². The maximum Gasteiger partial charge on any atom is 0.220 e. The van der Waals surface area contributed by atoms with E-state index < -0.39 is 0 Å². The molecule has 1 aliphatic rings. The second-order valence-electron chi connectivity index (χ2n) is 3.94. The highest BCUT2D eigenvalue weighted by Crippen LogP contribution is 2.19. The van der Waals surface area contributed by atoms with Crippen molar-refractivity contribution >= 4 is 5.91 Å². The number of carbonyl (C=O) groups is 1. The van der Waals surface area contributed by atoms with E-state index in [1.807, 2.05) is 0 Å². The molecule has 0 fully saturated rings. The molecule has 2 rings (SSSR count). The summed E-state index contributed by atoms with van der Waals surface area (Å²) >= 11 is 0. The first-order valence-electron chi connectivity index (χ1n) is 5.40. The van der Waals surface area contributed by atoms with E-state index in [1.54, 1.807) is 7.05 Å². The molecule has 1 aromatic rings. The van der Waals surface area contributed by atoms with Gasteiger partial charge in [0.05, 0.1) is 13.6 Å². The predicted octanol–water partition coefficient (Wildman–Crippen LogP) is 0.183. The summed E-state index contributed by atoms with van der Waals surface area (Å²) in [4.78, 5) is 12.9. The molecule has 86 valence electrons. The Bertz CT molecular complexity index is 398. The molecule has 1 aromatic heterocycles. The number of allylic oxidation sites excluding steroid dienone is 2. The second-order valence-corrected chi connectivity index (χ2v) is 3.94. The Kier molecular flexibility index (Phi) is 3.28. The molecular weight excluding hydrogens is 206 g/mol. The molecule has 0 saturated carbocycles. The summed E-state index contributed by atoms with van der Waals surface area (Å²) in [6.45, 7) is 0.350. The minimum Gasteiger partial charge on any atom is -0.349 e. The first-order chi connectivity index (χ1) is 7.74. The second kappa shape index (κ2) is 4.87. The van der Waals surface area contributed by atoms with Crippen LogP contribution in [0, 0.1) is 5.92 Å². The van der Waals surface area contributed by atoms with Gasteiger partial charge in [0, 0.05) is 6.42 Å². The fourth-order valence-electron chi connectivity index (χ4n) is 1.75. The number of rotatable bonds is 4. The minimum atomic E-state index is 0.0454. The van der Waals surface area contributed by atoms with Crippen LogP contribution in [0.3, 0.4) is 0 Å². The molecule has 16 heavy (non-hydrogen) atoms. The Labute approximate surface area is 93.7 Å². The molecule has 0 radical (unpaired) electrons. The Balaban J connectivity index is 1.73. The molecule has 0 spiro atoms. The van der Waals surface area contributed by atoms with Crippen molar-refractivity contribution in [2.24, 2.45) is 13.0 Å². The number of aryl methyl sites for hydroxylation is 1. The molecule has 0 bridgehead atoms. The lowest BCUT2D eigenvalue weighted by atomic mass is 10.1. The number of hydrogen-bond acceptors (Lipinski definition) is 4. The number of carbonyl (C=O) groups excluding carboxylic acids is 1. The van der Waals surface area contributed by atoms with Crippen LogP contribution in [0.2, 0.25) is 0 Å². The highest BCUT2D eigenvalue weighted by molar-refractivity contribution is 5.76. The molecule has 0 aromatic carbocycles. The van der Waals surface area contributed by atoms with E-state index in [0.717, 1.165) is 12.8 Å². The SMILES string of the molecule is Cn1nnc(CNC(=O)C[C@@H]2C=CCC2)n1. The highest BCUT2D eigenvalue weighted by Gasteiger charge is 2.14. The Hall–Kier alpha value is -1.72. The molecule has 1 heterocycles. The zero-order valence-electron chi connectivity index (χ0n) is 9.26. The van der Waals surface area contributed by atoms with Gasteiger partial charge in [-0.25, -0.2) is 0 Å². The van der Waals surface area contributed by atoms with Crippen LogP contribution in [-0.2, 0) is 18.4 Å². The molecule has 6 heteroatoms. The van der Waals surface area contributed by atoms with E-state index >= 15 is 0 Å². The van der Waals surface area contributed by atoms with Gasteiger partial charge in [0.2, 0.25) is 5.91 Å². The van der Waals surface area contributed by atoms with Gasteiger partial charge in [0.15, 0.2) is 5.82 Å². The average molecular weight is 221 g/mol. The van der Waals surface area contributed by atoms with Gasteiger partial charge >= 0.3 is 0 Å². The summed E-state index contributed by atoms with van der Waals surface area (Å²) < 4.78 is 0. The van der Waals surface area contributed by atoms with Gasteiger partial charge in [0.1, 0.15) is 0 Å². The van der Waals surface area contributed by atoms with E-state index in [4.69, 9.17) is 0 Å². The van der Waals surface area contributed by atoms with E-state index in [1.165, 1.54) is 4.80 Å². The van der Waals surface area contributed by atoms with Gasteiger partial charge < -0.3 is 5.32 Å².